The van der Waals surface area contributed by atoms with Crippen molar-refractivity contribution >= 4 is 5.69 Å². The number of halogens is 3. The predicted octanol–water partition coefficient (Wildman–Crippen LogP) is 5.94. The number of alkyl halides is 3. The Morgan fingerprint density at radius 1 is 0.853 bits per heavy atom. The Morgan fingerprint density at radius 2 is 1.56 bits per heavy atom. The largest absolute Gasteiger partial charge is 0.497 e. The third-order valence-corrected chi connectivity index (χ3v) is 6.58. The van der Waals surface area contributed by atoms with Crippen LogP contribution in [0.2, 0.25) is 0 Å². The lowest BCUT2D eigenvalue weighted by molar-refractivity contribution is -0.137. The summed E-state index contributed by atoms with van der Waals surface area (Å²) in [5.41, 5.74) is 3.22. The van der Waals surface area contributed by atoms with Crippen molar-refractivity contribution in [2.45, 2.75) is 38.3 Å². The van der Waals surface area contributed by atoms with Gasteiger partial charge in [-0.3, -0.25) is 0 Å². The van der Waals surface area contributed by atoms with E-state index in [1.165, 1.54) is 0 Å². The molecule has 0 amide bonds. The third-order valence-electron chi connectivity index (χ3n) is 6.58. The van der Waals surface area contributed by atoms with Crippen molar-refractivity contribution in [2.24, 2.45) is 0 Å². The van der Waals surface area contributed by atoms with Crippen molar-refractivity contribution in [2.75, 3.05) is 32.2 Å². The van der Waals surface area contributed by atoms with Crippen LogP contribution in [0.5, 0.6) is 11.5 Å². The lowest BCUT2D eigenvalue weighted by atomic mass is 10.0. The van der Waals surface area contributed by atoms with Crippen molar-refractivity contribution in [1.82, 2.24) is 9.97 Å². The molecule has 5 rings (SSSR count). The van der Waals surface area contributed by atoms with Crippen LogP contribution in [-0.2, 0) is 19.0 Å². The molecule has 5 nitrogen and oxygen atoms in total. The summed E-state index contributed by atoms with van der Waals surface area (Å²) >= 11 is 0. The van der Waals surface area contributed by atoms with Gasteiger partial charge in [0.25, 0.3) is 0 Å². The fraction of sp³-hybridized carbons (Fsp3) is 0.385. The van der Waals surface area contributed by atoms with Crippen molar-refractivity contribution in [3.8, 4) is 34.1 Å². The molecule has 1 fully saturated rings. The molecular formula is C26H26F3N3O2. The number of fused-ring (bicyclic) bond motifs is 1. The quantitative estimate of drug-likeness (QED) is 0.463. The van der Waals surface area contributed by atoms with Gasteiger partial charge >= 0.3 is 6.18 Å². The summed E-state index contributed by atoms with van der Waals surface area (Å²) in [6, 6.07) is 9.73. The number of rotatable bonds is 5. The average Bonchev–Trinajstić information content (AvgIpc) is 3.54. The Hall–Kier alpha value is -3.29. The van der Waals surface area contributed by atoms with Gasteiger partial charge in [-0.25, -0.2) is 9.97 Å². The molecule has 0 unspecified atom stereocenters. The van der Waals surface area contributed by atoms with Gasteiger partial charge < -0.3 is 14.4 Å². The van der Waals surface area contributed by atoms with Gasteiger partial charge in [-0.2, -0.15) is 13.2 Å². The molecular weight excluding hydrogens is 443 g/mol. The number of anilines is 1. The molecule has 0 N–H and O–H groups in total. The number of aryl methyl sites for hydroxylation is 1. The second-order valence-corrected chi connectivity index (χ2v) is 8.70. The van der Waals surface area contributed by atoms with Crippen LogP contribution in [0.25, 0.3) is 22.6 Å². The Bertz CT molecular complexity index is 1200. The highest BCUT2D eigenvalue weighted by atomic mass is 19.4. The molecule has 0 atom stereocenters. The molecule has 1 aromatic heterocycles. The highest BCUT2D eigenvalue weighted by Gasteiger charge is 2.35. The molecule has 2 aliphatic rings. The second-order valence-electron chi connectivity index (χ2n) is 8.70. The summed E-state index contributed by atoms with van der Waals surface area (Å²) in [4.78, 5) is 11.5. The Morgan fingerprint density at radius 3 is 2.21 bits per heavy atom. The first-order chi connectivity index (χ1) is 16.4. The monoisotopic (exact) mass is 469 g/mol. The Labute approximate surface area is 196 Å². The van der Waals surface area contributed by atoms with Crippen LogP contribution in [0.1, 0.15) is 36.1 Å². The maximum atomic E-state index is 14.0. The van der Waals surface area contributed by atoms with E-state index in [0.29, 0.717) is 23.6 Å². The van der Waals surface area contributed by atoms with Crippen LogP contribution in [0.15, 0.2) is 36.4 Å². The van der Waals surface area contributed by atoms with Crippen LogP contribution in [0.4, 0.5) is 18.9 Å². The lowest BCUT2D eigenvalue weighted by Crippen LogP contribution is -2.18. The molecule has 0 radical (unpaired) electrons. The molecule has 178 valence electrons. The number of nitrogens with zero attached hydrogens (tertiary/aromatic N) is 3. The minimum atomic E-state index is -4.51. The number of ether oxygens (including phenoxy) is 2. The third kappa shape index (κ3) is 4.17. The Kier molecular flexibility index (Phi) is 5.83. The molecule has 3 aromatic rings. The fourth-order valence-electron chi connectivity index (χ4n) is 4.87. The van der Waals surface area contributed by atoms with Gasteiger partial charge in [-0.1, -0.05) is 0 Å². The van der Waals surface area contributed by atoms with E-state index in [-0.39, 0.29) is 11.4 Å². The fourth-order valence-corrected chi connectivity index (χ4v) is 4.87. The van der Waals surface area contributed by atoms with Crippen molar-refractivity contribution in [3.05, 3.63) is 53.2 Å². The summed E-state index contributed by atoms with van der Waals surface area (Å²) < 4.78 is 52.9. The number of aromatic nitrogens is 2. The van der Waals surface area contributed by atoms with Gasteiger partial charge in [0, 0.05) is 47.2 Å². The first-order valence-electron chi connectivity index (χ1n) is 11.5. The van der Waals surface area contributed by atoms with Crippen LogP contribution >= 0.6 is 0 Å². The van der Waals surface area contributed by atoms with E-state index in [1.807, 2.05) is 12.1 Å². The number of methoxy groups -OCH3 is 2. The summed E-state index contributed by atoms with van der Waals surface area (Å²) in [7, 11) is 3.13. The van der Waals surface area contributed by atoms with Gasteiger partial charge in [0.2, 0.25) is 0 Å². The van der Waals surface area contributed by atoms with Gasteiger partial charge in [0.15, 0.2) is 5.82 Å². The highest BCUT2D eigenvalue weighted by Crippen LogP contribution is 2.41. The molecule has 1 saturated heterocycles. The van der Waals surface area contributed by atoms with E-state index in [1.54, 1.807) is 32.4 Å². The van der Waals surface area contributed by atoms with Crippen LogP contribution in [0, 0.1) is 0 Å². The molecule has 2 heterocycles. The molecule has 0 bridgehead atoms. The predicted molar refractivity (Wildman–Crippen MR) is 124 cm³/mol. The zero-order chi connectivity index (χ0) is 23.9. The van der Waals surface area contributed by atoms with Crippen LogP contribution in [0.3, 0.4) is 0 Å². The topological polar surface area (TPSA) is 47.5 Å². The first-order valence-corrected chi connectivity index (χ1v) is 11.5. The van der Waals surface area contributed by atoms with Gasteiger partial charge in [-0.15, -0.1) is 0 Å². The number of benzene rings is 2. The summed E-state index contributed by atoms with van der Waals surface area (Å²) in [5.74, 6) is 1.28. The molecule has 2 aromatic carbocycles. The lowest BCUT2D eigenvalue weighted by Gasteiger charge is -2.21. The highest BCUT2D eigenvalue weighted by molar-refractivity contribution is 5.74. The van der Waals surface area contributed by atoms with Crippen molar-refractivity contribution in [1.29, 1.82) is 0 Å². The summed E-state index contributed by atoms with van der Waals surface area (Å²) in [6.45, 7) is 1.68. The maximum absolute atomic E-state index is 14.0. The van der Waals surface area contributed by atoms with E-state index in [2.05, 4.69) is 9.88 Å². The first kappa shape index (κ1) is 22.5. The van der Waals surface area contributed by atoms with E-state index < -0.39 is 11.7 Å². The van der Waals surface area contributed by atoms with Crippen LogP contribution in [-0.4, -0.2) is 37.3 Å². The smallest absolute Gasteiger partial charge is 0.417 e. The standard InChI is InChI=1S/C26H26F3N3O2/c1-33-18-12-16(13-19(15-18)34-2)24-20-6-5-7-23(20)30-25(31-24)21-14-17(32-10-3-4-11-32)8-9-22(21)26(27,28)29/h8-9,12-15H,3-7,10-11H2,1-2H3. The molecule has 0 spiro atoms. The number of hydrogen-bond donors (Lipinski definition) is 0. The summed E-state index contributed by atoms with van der Waals surface area (Å²) in [6.07, 6.45) is -0.0559. The zero-order valence-corrected chi connectivity index (χ0v) is 19.2. The number of hydrogen-bond acceptors (Lipinski definition) is 5. The molecule has 8 heteroatoms. The zero-order valence-electron chi connectivity index (χ0n) is 19.2. The molecule has 1 aliphatic heterocycles. The minimum absolute atomic E-state index is 0.0164. The van der Waals surface area contributed by atoms with E-state index in [0.717, 1.165) is 67.3 Å². The Balaban J connectivity index is 1.71. The van der Waals surface area contributed by atoms with Crippen LogP contribution < -0.4 is 14.4 Å². The van der Waals surface area contributed by atoms with E-state index in [4.69, 9.17) is 14.5 Å². The van der Waals surface area contributed by atoms with Gasteiger partial charge in [0.05, 0.1) is 25.5 Å². The molecule has 34 heavy (non-hydrogen) atoms. The maximum Gasteiger partial charge on any atom is 0.417 e. The van der Waals surface area contributed by atoms with Gasteiger partial charge in [-0.05, 0) is 62.4 Å². The van der Waals surface area contributed by atoms with Gasteiger partial charge in [0.1, 0.15) is 11.5 Å². The SMILES string of the molecule is COc1cc(OC)cc(-c2nc(-c3cc(N4CCCC4)ccc3C(F)(F)F)nc3c2CCC3)c1. The minimum Gasteiger partial charge on any atom is -0.497 e. The van der Waals surface area contributed by atoms with E-state index >= 15 is 0 Å². The van der Waals surface area contributed by atoms with Crippen molar-refractivity contribution in [3.63, 3.8) is 0 Å². The molecule has 0 saturated carbocycles. The normalized spacial score (nSPS) is 15.5. The average molecular weight is 470 g/mol. The van der Waals surface area contributed by atoms with Crippen molar-refractivity contribution < 1.29 is 22.6 Å². The molecule has 1 aliphatic carbocycles. The van der Waals surface area contributed by atoms with E-state index in [9.17, 15) is 13.2 Å². The summed E-state index contributed by atoms with van der Waals surface area (Å²) in [5, 5.41) is 0. The second kappa shape index (κ2) is 8.81.